The van der Waals surface area contributed by atoms with Gasteiger partial charge in [0.05, 0.1) is 12.3 Å². The smallest absolute Gasteiger partial charge is 0.272 e. The molecule has 2 aliphatic rings. The Morgan fingerprint density at radius 2 is 2.00 bits per heavy atom. The van der Waals surface area contributed by atoms with Gasteiger partial charge in [0.1, 0.15) is 0 Å². The third kappa shape index (κ3) is 3.71. The first-order chi connectivity index (χ1) is 13.6. The quantitative estimate of drug-likeness (QED) is 0.805. The zero-order valence-electron chi connectivity index (χ0n) is 16.9. The molecule has 0 atom stereocenters. The normalized spacial score (nSPS) is 18.1. The number of fused-ring (bicyclic) bond motifs is 1. The molecule has 0 spiro atoms. The number of ether oxygens (including phenoxy) is 1. The van der Waals surface area contributed by atoms with Crippen LogP contribution in [0.25, 0.3) is 5.69 Å². The Balaban J connectivity index is 1.55. The fourth-order valence-electron chi connectivity index (χ4n) is 4.51. The van der Waals surface area contributed by atoms with Gasteiger partial charge >= 0.3 is 0 Å². The van der Waals surface area contributed by atoms with E-state index in [4.69, 9.17) is 9.84 Å². The molecule has 0 unspecified atom stereocenters. The summed E-state index contributed by atoms with van der Waals surface area (Å²) in [6.45, 7) is 5.32. The number of nitrogens with zero attached hydrogens (tertiary/aromatic N) is 2. The summed E-state index contributed by atoms with van der Waals surface area (Å²) in [4.78, 5) is 13.0. The summed E-state index contributed by atoms with van der Waals surface area (Å²) in [5, 5.41) is 11.3. The molecule has 0 radical (unpaired) electrons. The molecule has 4 rings (SSSR count). The van der Waals surface area contributed by atoms with Crippen molar-refractivity contribution in [2.24, 2.45) is 5.41 Å². The lowest BCUT2D eigenvalue weighted by atomic mass is 9.79. The molecule has 1 saturated heterocycles. The van der Waals surface area contributed by atoms with Gasteiger partial charge in [0.2, 0.25) is 0 Å². The minimum absolute atomic E-state index is 0.0123. The maximum Gasteiger partial charge on any atom is 0.272 e. The van der Waals surface area contributed by atoms with Crippen molar-refractivity contribution >= 4 is 5.91 Å². The largest absolute Gasteiger partial charge is 0.384 e. The van der Waals surface area contributed by atoms with Crippen LogP contribution in [0.3, 0.4) is 0 Å². The molecule has 2 N–H and O–H groups in total. The minimum Gasteiger partial charge on any atom is -0.384 e. The van der Waals surface area contributed by atoms with Crippen LogP contribution in [0.5, 0.6) is 0 Å². The number of rotatable bonds is 6. The van der Waals surface area contributed by atoms with Crippen LogP contribution in [-0.2, 0) is 17.6 Å². The highest BCUT2D eigenvalue weighted by atomic mass is 16.5. The molecule has 1 fully saturated rings. The molecule has 0 saturated carbocycles. The molecule has 150 valence electrons. The van der Waals surface area contributed by atoms with Crippen LogP contribution in [0, 0.1) is 12.3 Å². The van der Waals surface area contributed by atoms with Crippen LogP contribution >= 0.6 is 0 Å². The first kappa shape index (κ1) is 19.2. The number of methoxy groups -OCH3 is 1. The number of carbonyl (C=O) groups excluding carboxylic acids is 1. The molecule has 6 heteroatoms. The second-order valence-corrected chi connectivity index (χ2v) is 8.24. The SMILES string of the molecule is COCC1(CNC(=O)c2nn(-c3ccc(C)cc3)c3c2CCC3)CCNCC1. The van der Waals surface area contributed by atoms with Gasteiger partial charge in [-0.05, 0) is 64.3 Å². The van der Waals surface area contributed by atoms with E-state index in [-0.39, 0.29) is 11.3 Å². The van der Waals surface area contributed by atoms with Crippen LogP contribution in [0.2, 0.25) is 0 Å². The third-order valence-electron chi connectivity index (χ3n) is 6.16. The van der Waals surface area contributed by atoms with E-state index >= 15 is 0 Å². The molecule has 2 aromatic rings. The average molecular weight is 383 g/mol. The third-order valence-corrected chi connectivity index (χ3v) is 6.16. The summed E-state index contributed by atoms with van der Waals surface area (Å²) in [6, 6.07) is 8.32. The maximum absolute atomic E-state index is 13.0. The zero-order chi connectivity index (χ0) is 19.6. The number of hydrogen-bond donors (Lipinski definition) is 2. The molecule has 2 heterocycles. The van der Waals surface area contributed by atoms with E-state index in [1.807, 2.05) is 4.68 Å². The number of aromatic nitrogens is 2. The van der Waals surface area contributed by atoms with E-state index in [2.05, 4.69) is 41.8 Å². The molecular formula is C22H30N4O2. The van der Waals surface area contributed by atoms with Crippen molar-refractivity contribution in [2.75, 3.05) is 33.4 Å². The minimum atomic E-state index is -0.0574. The van der Waals surface area contributed by atoms with E-state index in [0.29, 0.717) is 18.8 Å². The van der Waals surface area contributed by atoms with Gasteiger partial charge in [-0.2, -0.15) is 5.10 Å². The van der Waals surface area contributed by atoms with E-state index in [0.717, 1.165) is 56.4 Å². The maximum atomic E-state index is 13.0. The Morgan fingerprint density at radius 3 is 2.71 bits per heavy atom. The van der Waals surface area contributed by atoms with Crippen LogP contribution < -0.4 is 10.6 Å². The van der Waals surface area contributed by atoms with Gasteiger partial charge in [0, 0.05) is 30.3 Å². The first-order valence-corrected chi connectivity index (χ1v) is 10.3. The van der Waals surface area contributed by atoms with Gasteiger partial charge in [-0.3, -0.25) is 4.79 Å². The number of amides is 1. The van der Waals surface area contributed by atoms with Gasteiger partial charge in [-0.15, -0.1) is 0 Å². The van der Waals surface area contributed by atoms with Gasteiger partial charge in [0.25, 0.3) is 5.91 Å². The molecule has 1 amide bonds. The Bertz CT molecular complexity index is 829. The topological polar surface area (TPSA) is 68.2 Å². The van der Waals surface area contributed by atoms with Crippen LogP contribution in [0.4, 0.5) is 0 Å². The molecule has 1 aliphatic heterocycles. The Morgan fingerprint density at radius 1 is 1.25 bits per heavy atom. The van der Waals surface area contributed by atoms with Crippen molar-refractivity contribution in [3.63, 3.8) is 0 Å². The highest BCUT2D eigenvalue weighted by Gasteiger charge is 2.34. The monoisotopic (exact) mass is 382 g/mol. The molecule has 1 aliphatic carbocycles. The summed E-state index contributed by atoms with van der Waals surface area (Å²) in [7, 11) is 1.74. The first-order valence-electron chi connectivity index (χ1n) is 10.3. The predicted octanol–water partition coefficient (Wildman–Crippen LogP) is 2.42. The summed E-state index contributed by atoms with van der Waals surface area (Å²) in [5.41, 5.74) is 5.15. The van der Waals surface area contributed by atoms with Crippen molar-refractivity contribution in [1.29, 1.82) is 0 Å². The summed E-state index contributed by atoms with van der Waals surface area (Å²) in [5.74, 6) is -0.0574. The van der Waals surface area contributed by atoms with Crippen LogP contribution in [0.15, 0.2) is 24.3 Å². The van der Waals surface area contributed by atoms with Crippen LogP contribution in [-0.4, -0.2) is 49.0 Å². The average Bonchev–Trinajstić information content (AvgIpc) is 3.31. The molecule has 28 heavy (non-hydrogen) atoms. The second kappa shape index (κ2) is 8.05. The molecular weight excluding hydrogens is 352 g/mol. The van der Waals surface area contributed by atoms with E-state index in [9.17, 15) is 4.79 Å². The van der Waals surface area contributed by atoms with Crippen molar-refractivity contribution in [2.45, 2.75) is 39.0 Å². The van der Waals surface area contributed by atoms with Gasteiger partial charge in [-0.25, -0.2) is 4.68 Å². The summed E-state index contributed by atoms with van der Waals surface area (Å²) >= 11 is 0. The number of aryl methyl sites for hydroxylation is 1. The second-order valence-electron chi connectivity index (χ2n) is 8.24. The molecule has 1 aromatic heterocycles. The number of benzene rings is 1. The predicted molar refractivity (Wildman–Crippen MR) is 109 cm³/mol. The summed E-state index contributed by atoms with van der Waals surface area (Å²) in [6.07, 6.45) is 5.01. The van der Waals surface area contributed by atoms with Gasteiger partial charge in [-0.1, -0.05) is 17.7 Å². The van der Waals surface area contributed by atoms with Crippen molar-refractivity contribution < 1.29 is 9.53 Å². The van der Waals surface area contributed by atoms with Crippen molar-refractivity contribution in [1.82, 2.24) is 20.4 Å². The van der Waals surface area contributed by atoms with Crippen LogP contribution in [0.1, 0.15) is 46.6 Å². The van der Waals surface area contributed by atoms with E-state index < -0.39 is 0 Å². The molecule has 0 bridgehead atoms. The van der Waals surface area contributed by atoms with Crippen molar-refractivity contribution in [3.8, 4) is 5.69 Å². The number of piperidine rings is 1. The highest BCUT2D eigenvalue weighted by Crippen LogP contribution is 2.30. The lowest BCUT2D eigenvalue weighted by Gasteiger charge is -2.37. The summed E-state index contributed by atoms with van der Waals surface area (Å²) < 4.78 is 7.43. The fourth-order valence-corrected chi connectivity index (χ4v) is 4.51. The molecule has 1 aromatic carbocycles. The fraction of sp³-hybridized carbons (Fsp3) is 0.545. The number of hydrogen-bond acceptors (Lipinski definition) is 4. The lowest BCUT2D eigenvalue weighted by Crippen LogP contribution is -2.47. The Labute approximate surface area is 166 Å². The van der Waals surface area contributed by atoms with E-state index in [1.165, 1.54) is 11.3 Å². The van der Waals surface area contributed by atoms with Crippen molar-refractivity contribution in [3.05, 3.63) is 46.8 Å². The lowest BCUT2D eigenvalue weighted by molar-refractivity contribution is 0.0510. The van der Waals surface area contributed by atoms with Gasteiger partial charge < -0.3 is 15.4 Å². The van der Waals surface area contributed by atoms with Gasteiger partial charge in [0.15, 0.2) is 5.69 Å². The number of carbonyl (C=O) groups is 1. The molecule has 6 nitrogen and oxygen atoms in total. The standard InChI is InChI=1S/C22H30N4O2/c1-16-6-8-17(9-7-16)26-19-5-3-4-18(19)20(25-26)21(27)24-14-22(15-28-2)10-12-23-13-11-22/h6-9,23H,3-5,10-15H2,1-2H3,(H,24,27). The zero-order valence-corrected chi connectivity index (χ0v) is 16.9. The van der Waals surface area contributed by atoms with E-state index in [1.54, 1.807) is 7.11 Å². The Hall–Kier alpha value is -2.18. The Kier molecular flexibility index (Phi) is 5.51. The highest BCUT2D eigenvalue weighted by molar-refractivity contribution is 5.94. The number of nitrogens with one attached hydrogen (secondary N) is 2.